The van der Waals surface area contributed by atoms with Gasteiger partial charge in [0.2, 0.25) is 11.7 Å². The molecular weight excluding hydrogens is 382 g/mol. The van der Waals surface area contributed by atoms with E-state index in [9.17, 15) is 4.79 Å². The van der Waals surface area contributed by atoms with E-state index < -0.39 is 0 Å². The summed E-state index contributed by atoms with van der Waals surface area (Å²) < 4.78 is 10.7. The van der Waals surface area contributed by atoms with Gasteiger partial charge in [0, 0.05) is 50.7 Å². The molecule has 3 aromatic rings. The number of aryl methyl sites for hydroxylation is 1. The number of ether oxygens (including phenoxy) is 1. The molecule has 1 fully saturated rings. The number of benzene rings is 1. The van der Waals surface area contributed by atoms with Gasteiger partial charge in [0.15, 0.2) is 0 Å². The van der Waals surface area contributed by atoms with Crippen LogP contribution in [0.3, 0.4) is 0 Å². The summed E-state index contributed by atoms with van der Waals surface area (Å²) in [5.41, 5.74) is 3.41. The van der Waals surface area contributed by atoms with Gasteiger partial charge in [-0.25, -0.2) is 0 Å². The second-order valence-corrected chi connectivity index (χ2v) is 7.33. The predicted molar refractivity (Wildman–Crippen MR) is 110 cm³/mol. The van der Waals surface area contributed by atoms with Crippen molar-refractivity contribution in [3.63, 3.8) is 0 Å². The van der Waals surface area contributed by atoms with E-state index in [1.807, 2.05) is 11.0 Å². The fraction of sp³-hybridized carbons (Fsp3) is 0.364. The molecule has 8 nitrogen and oxygen atoms in total. The maximum atomic E-state index is 12.4. The molecule has 1 saturated heterocycles. The van der Waals surface area contributed by atoms with Crippen LogP contribution in [0.5, 0.6) is 0 Å². The van der Waals surface area contributed by atoms with Crippen LogP contribution in [0.2, 0.25) is 0 Å². The lowest BCUT2D eigenvalue weighted by atomic mass is 10.1. The highest BCUT2D eigenvalue weighted by Gasteiger charge is 2.21. The zero-order chi connectivity index (χ0) is 20.8. The average Bonchev–Trinajstić information content (AvgIpc) is 3.25. The quantitative estimate of drug-likeness (QED) is 0.594. The fourth-order valence-electron chi connectivity index (χ4n) is 3.43. The first-order valence-corrected chi connectivity index (χ1v) is 10.0. The van der Waals surface area contributed by atoms with Crippen LogP contribution in [0.25, 0.3) is 11.4 Å². The standard InChI is InChI=1S/C22H25N5O3/c1-17-5-2-3-6-19(17)14-26-9-11-27(12-10-26)21(28)16-29-15-20-24-22(25-30-20)18-7-4-8-23-13-18/h2-8,13H,9-12,14-16H2,1H3. The Morgan fingerprint density at radius 3 is 2.73 bits per heavy atom. The van der Waals surface area contributed by atoms with Crippen LogP contribution in [-0.4, -0.2) is 63.6 Å². The number of piperazine rings is 1. The van der Waals surface area contributed by atoms with E-state index in [1.54, 1.807) is 18.5 Å². The Kier molecular flexibility index (Phi) is 6.46. The molecule has 156 valence electrons. The Morgan fingerprint density at radius 2 is 1.97 bits per heavy atom. The van der Waals surface area contributed by atoms with Crippen molar-refractivity contribution in [1.82, 2.24) is 24.9 Å². The molecule has 0 spiro atoms. The minimum atomic E-state index is -0.0162. The van der Waals surface area contributed by atoms with Gasteiger partial charge < -0.3 is 14.2 Å². The van der Waals surface area contributed by atoms with Crippen LogP contribution in [0.4, 0.5) is 0 Å². The number of amides is 1. The molecule has 1 aromatic carbocycles. The lowest BCUT2D eigenvalue weighted by Crippen LogP contribution is -2.49. The van der Waals surface area contributed by atoms with E-state index in [2.05, 4.69) is 51.2 Å². The second kappa shape index (κ2) is 9.60. The van der Waals surface area contributed by atoms with Gasteiger partial charge in [0.1, 0.15) is 13.2 Å². The van der Waals surface area contributed by atoms with Gasteiger partial charge in [0.05, 0.1) is 0 Å². The third kappa shape index (κ3) is 5.08. The van der Waals surface area contributed by atoms with Crippen molar-refractivity contribution in [2.75, 3.05) is 32.8 Å². The van der Waals surface area contributed by atoms with Crippen LogP contribution < -0.4 is 0 Å². The first kappa shape index (κ1) is 20.2. The summed E-state index contributed by atoms with van der Waals surface area (Å²) in [6.45, 7) is 6.29. The smallest absolute Gasteiger partial charge is 0.252 e. The third-order valence-corrected chi connectivity index (χ3v) is 5.22. The average molecular weight is 407 g/mol. The van der Waals surface area contributed by atoms with Crippen molar-refractivity contribution in [2.45, 2.75) is 20.1 Å². The topological polar surface area (TPSA) is 84.6 Å². The monoisotopic (exact) mass is 407 g/mol. The van der Waals surface area contributed by atoms with Gasteiger partial charge in [-0.1, -0.05) is 29.4 Å². The maximum absolute atomic E-state index is 12.4. The number of pyridine rings is 1. The van der Waals surface area contributed by atoms with E-state index in [4.69, 9.17) is 9.26 Å². The highest BCUT2D eigenvalue weighted by Crippen LogP contribution is 2.15. The largest absolute Gasteiger partial charge is 0.362 e. The fourth-order valence-corrected chi connectivity index (χ4v) is 3.43. The number of nitrogens with zero attached hydrogens (tertiary/aromatic N) is 5. The summed E-state index contributed by atoms with van der Waals surface area (Å²) in [7, 11) is 0. The van der Waals surface area contributed by atoms with Gasteiger partial charge in [-0.05, 0) is 30.2 Å². The van der Waals surface area contributed by atoms with Crippen molar-refractivity contribution >= 4 is 5.91 Å². The Hall–Kier alpha value is -3.10. The molecule has 0 atom stereocenters. The lowest BCUT2D eigenvalue weighted by molar-refractivity contribution is -0.138. The zero-order valence-corrected chi connectivity index (χ0v) is 17.0. The first-order valence-electron chi connectivity index (χ1n) is 10.0. The molecule has 2 aromatic heterocycles. The van der Waals surface area contributed by atoms with Crippen molar-refractivity contribution < 1.29 is 14.1 Å². The van der Waals surface area contributed by atoms with E-state index >= 15 is 0 Å². The van der Waals surface area contributed by atoms with Crippen molar-refractivity contribution in [3.8, 4) is 11.4 Å². The Labute approximate surface area is 175 Å². The van der Waals surface area contributed by atoms with Gasteiger partial charge >= 0.3 is 0 Å². The number of carbonyl (C=O) groups is 1. The van der Waals surface area contributed by atoms with E-state index in [-0.39, 0.29) is 19.1 Å². The number of rotatable bonds is 7. The second-order valence-electron chi connectivity index (χ2n) is 7.33. The van der Waals surface area contributed by atoms with E-state index in [1.165, 1.54) is 11.1 Å². The summed E-state index contributed by atoms with van der Waals surface area (Å²) in [6.07, 6.45) is 3.35. The van der Waals surface area contributed by atoms with Crippen LogP contribution in [0, 0.1) is 6.92 Å². The number of hydrogen-bond acceptors (Lipinski definition) is 7. The maximum Gasteiger partial charge on any atom is 0.252 e. The van der Waals surface area contributed by atoms with Gasteiger partial charge in [-0.3, -0.25) is 14.7 Å². The minimum absolute atomic E-state index is 0.00238. The van der Waals surface area contributed by atoms with E-state index in [0.29, 0.717) is 24.8 Å². The van der Waals surface area contributed by atoms with Crippen molar-refractivity contribution in [2.24, 2.45) is 0 Å². The molecule has 0 unspecified atom stereocenters. The summed E-state index contributed by atoms with van der Waals surface area (Å²) in [4.78, 5) is 25.0. The summed E-state index contributed by atoms with van der Waals surface area (Å²) in [5, 5.41) is 3.92. The third-order valence-electron chi connectivity index (χ3n) is 5.22. The van der Waals surface area contributed by atoms with E-state index in [0.717, 1.165) is 25.2 Å². The molecule has 0 bridgehead atoms. The molecule has 4 rings (SSSR count). The molecule has 0 aliphatic carbocycles. The van der Waals surface area contributed by atoms with Crippen molar-refractivity contribution in [1.29, 1.82) is 0 Å². The van der Waals surface area contributed by atoms with Gasteiger partial charge in [0.25, 0.3) is 5.89 Å². The number of hydrogen-bond donors (Lipinski definition) is 0. The van der Waals surface area contributed by atoms with Gasteiger partial charge in [-0.15, -0.1) is 0 Å². The predicted octanol–water partition coefficient (Wildman–Crippen LogP) is 2.30. The Balaban J connectivity index is 1.19. The molecule has 1 aliphatic rings. The van der Waals surface area contributed by atoms with Crippen LogP contribution in [-0.2, 0) is 22.7 Å². The number of aromatic nitrogens is 3. The zero-order valence-electron chi connectivity index (χ0n) is 17.0. The molecule has 3 heterocycles. The number of carbonyl (C=O) groups excluding carboxylic acids is 1. The molecule has 30 heavy (non-hydrogen) atoms. The SMILES string of the molecule is Cc1ccccc1CN1CCN(C(=O)COCc2nc(-c3cccnc3)no2)CC1. The Morgan fingerprint density at radius 1 is 1.13 bits per heavy atom. The lowest BCUT2D eigenvalue weighted by Gasteiger charge is -2.35. The van der Waals surface area contributed by atoms with Crippen LogP contribution >= 0.6 is 0 Å². The highest BCUT2D eigenvalue weighted by molar-refractivity contribution is 5.77. The van der Waals surface area contributed by atoms with Crippen molar-refractivity contribution in [3.05, 3.63) is 65.8 Å². The van der Waals surface area contributed by atoms with Crippen LogP contribution in [0.1, 0.15) is 17.0 Å². The first-order chi connectivity index (χ1) is 14.7. The molecule has 1 amide bonds. The summed E-state index contributed by atoms with van der Waals surface area (Å²) >= 11 is 0. The van der Waals surface area contributed by atoms with Crippen LogP contribution in [0.15, 0.2) is 53.3 Å². The normalized spacial score (nSPS) is 14.8. The summed E-state index contributed by atoms with van der Waals surface area (Å²) in [6, 6.07) is 12.1. The summed E-state index contributed by atoms with van der Waals surface area (Å²) in [5.74, 6) is 0.778. The molecular formula is C22H25N5O3. The van der Waals surface area contributed by atoms with Gasteiger partial charge in [-0.2, -0.15) is 4.98 Å². The molecule has 8 heteroatoms. The molecule has 1 aliphatic heterocycles. The highest BCUT2D eigenvalue weighted by atomic mass is 16.5. The Bertz CT molecular complexity index is 968. The molecule has 0 N–H and O–H groups in total. The molecule has 0 radical (unpaired) electrons. The minimum Gasteiger partial charge on any atom is -0.362 e. The molecule has 0 saturated carbocycles.